The predicted molar refractivity (Wildman–Crippen MR) is 89.7 cm³/mol. The number of carbonyl (C=O) groups is 1. The van der Waals surface area contributed by atoms with Gasteiger partial charge in [-0.2, -0.15) is 0 Å². The van der Waals surface area contributed by atoms with E-state index in [1.807, 2.05) is 0 Å². The van der Waals surface area contributed by atoms with Crippen molar-refractivity contribution in [1.29, 1.82) is 0 Å². The molecular formula is C15H13Cl3N2O. The highest BCUT2D eigenvalue weighted by Crippen LogP contribution is 2.22. The number of rotatable bonds is 5. The molecule has 0 radical (unpaired) electrons. The molecule has 2 rings (SSSR count). The average molecular weight is 344 g/mol. The molecule has 21 heavy (non-hydrogen) atoms. The third kappa shape index (κ3) is 5.46. The van der Waals surface area contributed by atoms with Crippen LogP contribution >= 0.6 is 34.8 Å². The normalized spacial score (nSPS) is 10.2. The van der Waals surface area contributed by atoms with Gasteiger partial charge in [-0.05, 0) is 42.5 Å². The number of nitrogens with one attached hydrogen (secondary N) is 2. The maximum absolute atomic E-state index is 11.8. The van der Waals surface area contributed by atoms with Crippen molar-refractivity contribution in [3.05, 3.63) is 57.5 Å². The minimum Gasteiger partial charge on any atom is -0.384 e. The zero-order valence-electron chi connectivity index (χ0n) is 11.0. The molecule has 0 atom stereocenters. The number of carbonyl (C=O) groups excluding carboxylic acids is 1. The van der Waals surface area contributed by atoms with E-state index in [4.69, 9.17) is 34.8 Å². The number of halogens is 3. The van der Waals surface area contributed by atoms with Crippen molar-refractivity contribution in [2.75, 3.05) is 17.2 Å². The van der Waals surface area contributed by atoms with Crippen LogP contribution in [0.15, 0.2) is 42.5 Å². The van der Waals surface area contributed by atoms with Crippen LogP contribution in [0, 0.1) is 0 Å². The molecule has 0 spiro atoms. The molecule has 6 heteroatoms. The molecule has 2 aromatic carbocycles. The first-order chi connectivity index (χ1) is 10.0. The Morgan fingerprint density at radius 3 is 2.10 bits per heavy atom. The SMILES string of the molecule is O=C(CCNc1cc(Cl)cc(Cl)c1)Nc1ccc(Cl)cc1. The van der Waals surface area contributed by atoms with Crippen molar-refractivity contribution < 1.29 is 4.79 Å². The van der Waals surface area contributed by atoms with Gasteiger partial charge in [-0.25, -0.2) is 0 Å². The van der Waals surface area contributed by atoms with Crippen molar-refractivity contribution in [2.24, 2.45) is 0 Å². The molecule has 0 aromatic heterocycles. The molecule has 110 valence electrons. The van der Waals surface area contributed by atoms with E-state index in [0.29, 0.717) is 28.0 Å². The highest BCUT2D eigenvalue weighted by Gasteiger charge is 2.03. The molecular weight excluding hydrogens is 331 g/mol. The quantitative estimate of drug-likeness (QED) is 0.794. The first-order valence-electron chi connectivity index (χ1n) is 6.28. The first-order valence-corrected chi connectivity index (χ1v) is 7.42. The Hall–Kier alpha value is -1.42. The Morgan fingerprint density at radius 1 is 0.857 bits per heavy atom. The Kier molecular flexibility index (Phi) is 5.74. The number of hydrogen-bond acceptors (Lipinski definition) is 2. The number of amides is 1. The zero-order chi connectivity index (χ0) is 15.2. The topological polar surface area (TPSA) is 41.1 Å². The van der Waals surface area contributed by atoms with Gasteiger partial charge in [0.2, 0.25) is 5.91 Å². The molecule has 0 saturated heterocycles. The van der Waals surface area contributed by atoms with Gasteiger partial charge in [-0.1, -0.05) is 34.8 Å². The van der Waals surface area contributed by atoms with Crippen molar-refractivity contribution >= 4 is 52.1 Å². The largest absolute Gasteiger partial charge is 0.384 e. The van der Waals surface area contributed by atoms with Crippen LogP contribution in [0.3, 0.4) is 0 Å². The van der Waals surface area contributed by atoms with Crippen LogP contribution in [0.5, 0.6) is 0 Å². The van der Waals surface area contributed by atoms with Gasteiger partial charge < -0.3 is 10.6 Å². The molecule has 3 nitrogen and oxygen atoms in total. The molecule has 0 aliphatic rings. The summed E-state index contributed by atoms with van der Waals surface area (Å²) in [4.78, 5) is 11.8. The van der Waals surface area contributed by atoms with Gasteiger partial charge in [0.15, 0.2) is 0 Å². The van der Waals surface area contributed by atoms with Gasteiger partial charge in [0.05, 0.1) is 0 Å². The second-order valence-electron chi connectivity index (χ2n) is 4.39. The summed E-state index contributed by atoms with van der Waals surface area (Å²) in [6.07, 6.45) is 0.326. The Bertz CT molecular complexity index is 609. The third-order valence-electron chi connectivity index (χ3n) is 2.67. The molecule has 2 aromatic rings. The standard InChI is InChI=1S/C15H13Cl3N2O/c16-10-1-3-13(4-2-10)20-15(21)5-6-19-14-8-11(17)7-12(18)9-14/h1-4,7-9,19H,5-6H2,(H,20,21). The molecule has 0 aliphatic carbocycles. The van der Waals surface area contributed by atoms with Crippen LogP contribution in [-0.4, -0.2) is 12.5 Å². The highest BCUT2D eigenvalue weighted by molar-refractivity contribution is 6.35. The maximum atomic E-state index is 11.8. The van der Waals surface area contributed by atoms with Crippen LogP contribution in [0.25, 0.3) is 0 Å². The van der Waals surface area contributed by atoms with E-state index in [0.717, 1.165) is 11.4 Å². The monoisotopic (exact) mass is 342 g/mol. The third-order valence-corrected chi connectivity index (χ3v) is 3.36. The van der Waals surface area contributed by atoms with Crippen molar-refractivity contribution in [3.63, 3.8) is 0 Å². The Labute approximate surface area is 138 Å². The van der Waals surface area contributed by atoms with Crippen LogP contribution in [0.1, 0.15) is 6.42 Å². The lowest BCUT2D eigenvalue weighted by molar-refractivity contribution is -0.115. The van der Waals surface area contributed by atoms with Gasteiger partial charge >= 0.3 is 0 Å². The fourth-order valence-electron chi connectivity index (χ4n) is 1.73. The summed E-state index contributed by atoms with van der Waals surface area (Å²) < 4.78 is 0. The van der Waals surface area contributed by atoms with Crippen LogP contribution in [0.4, 0.5) is 11.4 Å². The molecule has 0 saturated carbocycles. The van der Waals surface area contributed by atoms with Gasteiger partial charge in [-0.15, -0.1) is 0 Å². The summed E-state index contributed by atoms with van der Waals surface area (Å²) in [5, 5.41) is 7.62. The molecule has 2 N–H and O–H groups in total. The van der Waals surface area contributed by atoms with Gasteiger partial charge in [0, 0.05) is 39.4 Å². The number of anilines is 2. The van der Waals surface area contributed by atoms with Gasteiger partial charge in [0.25, 0.3) is 0 Å². The summed E-state index contributed by atoms with van der Waals surface area (Å²) in [6, 6.07) is 12.1. The second kappa shape index (κ2) is 7.55. The van der Waals surface area contributed by atoms with Crippen molar-refractivity contribution in [2.45, 2.75) is 6.42 Å². The van der Waals surface area contributed by atoms with Gasteiger partial charge in [-0.3, -0.25) is 4.79 Å². The Balaban J connectivity index is 1.80. The van der Waals surface area contributed by atoms with E-state index in [1.165, 1.54) is 0 Å². The van der Waals surface area contributed by atoms with E-state index in [2.05, 4.69) is 10.6 Å². The lowest BCUT2D eigenvalue weighted by Crippen LogP contribution is -2.16. The van der Waals surface area contributed by atoms with E-state index < -0.39 is 0 Å². The second-order valence-corrected chi connectivity index (χ2v) is 5.70. The summed E-state index contributed by atoms with van der Waals surface area (Å²) in [6.45, 7) is 0.482. The van der Waals surface area contributed by atoms with E-state index in [1.54, 1.807) is 42.5 Å². The fourth-order valence-corrected chi connectivity index (χ4v) is 2.39. The van der Waals surface area contributed by atoms with Crippen LogP contribution < -0.4 is 10.6 Å². The Morgan fingerprint density at radius 2 is 1.48 bits per heavy atom. The van der Waals surface area contributed by atoms with Crippen LogP contribution in [-0.2, 0) is 4.79 Å². The molecule has 0 unspecified atom stereocenters. The lowest BCUT2D eigenvalue weighted by Gasteiger charge is -2.08. The molecule has 0 bridgehead atoms. The van der Waals surface area contributed by atoms with Gasteiger partial charge in [0.1, 0.15) is 0 Å². The number of benzene rings is 2. The number of hydrogen-bond donors (Lipinski definition) is 2. The summed E-state index contributed by atoms with van der Waals surface area (Å²) in [5.41, 5.74) is 1.50. The van der Waals surface area contributed by atoms with Crippen molar-refractivity contribution in [3.8, 4) is 0 Å². The van der Waals surface area contributed by atoms with E-state index >= 15 is 0 Å². The lowest BCUT2D eigenvalue weighted by atomic mass is 10.3. The fraction of sp³-hybridized carbons (Fsp3) is 0.133. The van der Waals surface area contributed by atoms with Crippen LogP contribution in [0.2, 0.25) is 15.1 Å². The zero-order valence-corrected chi connectivity index (χ0v) is 13.3. The highest BCUT2D eigenvalue weighted by atomic mass is 35.5. The van der Waals surface area contributed by atoms with E-state index in [9.17, 15) is 4.79 Å². The minimum absolute atomic E-state index is 0.0852. The summed E-state index contributed by atoms with van der Waals surface area (Å²) in [7, 11) is 0. The maximum Gasteiger partial charge on any atom is 0.226 e. The smallest absolute Gasteiger partial charge is 0.226 e. The summed E-state index contributed by atoms with van der Waals surface area (Å²) in [5.74, 6) is -0.0852. The molecule has 0 heterocycles. The average Bonchev–Trinajstić information content (AvgIpc) is 2.40. The first kappa shape index (κ1) is 16.0. The molecule has 0 fully saturated rings. The van der Waals surface area contributed by atoms with E-state index in [-0.39, 0.29) is 5.91 Å². The molecule has 0 aliphatic heterocycles. The molecule has 1 amide bonds. The summed E-state index contributed by atoms with van der Waals surface area (Å²) >= 11 is 17.6. The minimum atomic E-state index is -0.0852. The van der Waals surface area contributed by atoms with Crippen molar-refractivity contribution in [1.82, 2.24) is 0 Å². The predicted octanol–water partition coefficient (Wildman–Crippen LogP) is 5.09.